The van der Waals surface area contributed by atoms with Crippen LogP contribution in [0.25, 0.3) is 11.1 Å². The van der Waals surface area contributed by atoms with Gasteiger partial charge in [-0.2, -0.15) is 0 Å². The van der Waals surface area contributed by atoms with E-state index in [2.05, 4.69) is 4.98 Å². The average Bonchev–Trinajstić information content (AvgIpc) is 2.47. The zero-order valence-electron chi connectivity index (χ0n) is 11.4. The van der Waals surface area contributed by atoms with Crippen molar-refractivity contribution in [2.75, 3.05) is 0 Å². The molecule has 0 aliphatic rings. The molecule has 1 atom stereocenters. The van der Waals surface area contributed by atoms with Gasteiger partial charge < -0.3 is 5.11 Å². The first-order valence-corrected chi connectivity index (χ1v) is 6.39. The highest BCUT2D eigenvalue weighted by molar-refractivity contribution is 5.69. The molecule has 2 rings (SSSR count). The lowest BCUT2D eigenvalue weighted by atomic mass is 9.96. The van der Waals surface area contributed by atoms with Crippen LogP contribution in [0.2, 0.25) is 0 Å². The number of carboxylic acid groups (broad SMARTS) is 1. The maximum absolute atomic E-state index is 10.8. The number of carbonyl (C=O) groups is 1. The van der Waals surface area contributed by atoms with E-state index in [1.54, 1.807) is 24.5 Å². The normalized spacial score (nSPS) is 11.9. The highest BCUT2D eigenvalue weighted by atomic mass is 16.6. The molecule has 1 aromatic carbocycles. The number of nitro groups is 1. The van der Waals surface area contributed by atoms with E-state index in [1.165, 1.54) is 12.1 Å². The Balaban J connectivity index is 2.35. The molecule has 1 aromatic heterocycles. The number of carboxylic acids is 1. The van der Waals surface area contributed by atoms with Gasteiger partial charge in [0, 0.05) is 30.1 Å². The smallest absolute Gasteiger partial charge is 0.303 e. The summed E-state index contributed by atoms with van der Waals surface area (Å²) >= 11 is 0. The molecule has 6 nitrogen and oxygen atoms in total. The average molecular weight is 286 g/mol. The molecule has 21 heavy (non-hydrogen) atoms. The molecule has 0 saturated heterocycles. The molecular weight excluding hydrogens is 272 g/mol. The van der Waals surface area contributed by atoms with Crippen molar-refractivity contribution in [3.05, 3.63) is 58.4 Å². The predicted molar refractivity (Wildman–Crippen MR) is 77.0 cm³/mol. The Morgan fingerprint density at radius 1 is 1.33 bits per heavy atom. The molecule has 0 amide bonds. The summed E-state index contributed by atoms with van der Waals surface area (Å²) in [5, 5.41) is 19.6. The third-order valence-corrected chi connectivity index (χ3v) is 3.20. The van der Waals surface area contributed by atoms with Crippen LogP contribution in [-0.4, -0.2) is 21.0 Å². The van der Waals surface area contributed by atoms with Crippen molar-refractivity contribution >= 4 is 11.7 Å². The standard InChI is InChI=1S/C15H14N2O4/c1-10(5-15(18)19)12-6-13(9-16-8-12)11-3-2-4-14(7-11)17(20)21/h2-4,6-10H,5H2,1H3,(H,18,19). The van der Waals surface area contributed by atoms with Crippen LogP contribution in [0, 0.1) is 10.1 Å². The van der Waals surface area contributed by atoms with Gasteiger partial charge in [0.05, 0.1) is 11.3 Å². The van der Waals surface area contributed by atoms with Crippen LogP contribution in [0.15, 0.2) is 42.7 Å². The summed E-state index contributed by atoms with van der Waals surface area (Å²) in [5.74, 6) is -1.04. The van der Waals surface area contributed by atoms with Crippen LogP contribution >= 0.6 is 0 Å². The van der Waals surface area contributed by atoms with Gasteiger partial charge in [-0.05, 0) is 23.1 Å². The number of aromatic nitrogens is 1. The summed E-state index contributed by atoms with van der Waals surface area (Å²) in [6.45, 7) is 1.81. The minimum absolute atomic E-state index is 0.0106. The van der Waals surface area contributed by atoms with E-state index >= 15 is 0 Å². The number of nitrogens with zero attached hydrogens (tertiary/aromatic N) is 2. The van der Waals surface area contributed by atoms with Gasteiger partial charge in [-0.3, -0.25) is 19.9 Å². The van der Waals surface area contributed by atoms with E-state index < -0.39 is 10.9 Å². The summed E-state index contributed by atoms with van der Waals surface area (Å²) in [6.07, 6.45) is 3.24. The molecule has 0 aliphatic heterocycles. The van der Waals surface area contributed by atoms with Crippen LogP contribution in [0.1, 0.15) is 24.8 Å². The molecule has 1 heterocycles. The molecular formula is C15H14N2O4. The topological polar surface area (TPSA) is 93.3 Å². The van der Waals surface area contributed by atoms with Crippen molar-refractivity contribution in [1.82, 2.24) is 4.98 Å². The second kappa shape index (κ2) is 6.13. The maximum atomic E-state index is 10.8. The number of non-ortho nitro benzene ring substituents is 1. The quantitative estimate of drug-likeness (QED) is 0.672. The molecule has 1 N–H and O–H groups in total. The Bertz CT molecular complexity index is 685. The van der Waals surface area contributed by atoms with Crippen LogP contribution in [-0.2, 0) is 4.79 Å². The number of aliphatic carboxylic acids is 1. The van der Waals surface area contributed by atoms with E-state index in [1.807, 2.05) is 13.0 Å². The summed E-state index contributed by atoms with van der Waals surface area (Å²) in [5.41, 5.74) is 2.22. The van der Waals surface area contributed by atoms with Crippen LogP contribution in [0.5, 0.6) is 0 Å². The Hall–Kier alpha value is -2.76. The first kappa shape index (κ1) is 14.6. The van der Waals surface area contributed by atoms with E-state index in [0.717, 1.165) is 11.1 Å². The largest absolute Gasteiger partial charge is 0.481 e. The van der Waals surface area contributed by atoms with Gasteiger partial charge in [0.25, 0.3) is 5.69 Å². The number of hydrogen-bond acceptors (Lipinski definition) is 4. The fourth-order valence-electron chi connectivity index (χ4n) is 2.06. The molecule has 108 valence electrons. The Labute approximate surface area is 121 Å². The molecule has 0 saturated carbocycles. The summed E-state index contributed by atoms with van der Waals surface area (Å²) < 4.78 is 0. The Kier molecular flexibility index (Phi) is 4.27. The lowest BCUT2D eigenvalue weighted by molar-refractivity contribution is -0.384. The van der Waals surface area contributed by atoms with Crippen molar-refractivity contribution in [3.8, 4) is 11.1 Å². The first-order chi connectivity index (χ1) is 9.97. The Morgan fingerprint density at radius 3 is 2.76 bits per heavy atom. The van der Waals surface area contributed by atoms with Gasteiger partial charge in [0.1, 0.15) is 0 Å². The fraction of sp³-hybridized carbons (Fsp3) is 0.200. The van der Waals surface area contributed by atoms with Crippen molar-refractivity contribution in [2.45, 2.75) is 19.3 Å². The zero-order chi connectivity index (χ0) is 15.4. The number of hydrogen-bond donors (Lipinski definition) is 1. The van der Waals surface area contributed by atoms with E-state index in [4.69, 9.17) is 5.11 Å². The number of pyridine rings is 1. The van der Waals surface area contributed by atoms with Crippen molar-refractivity contribution in [3.63, 3.8) is 0 Å². The lowest BCUT2D eigenvalue weighted by Crippen LogP contribution is -2.03. The third-order valence-electron chi connectivity index (χ3n) is 3.20. The van der Waals surface area contributed by atoms with Gasteiger partial charge in [-0.1, -0.05) is 19.1 Å². The molecule has 0 radical (unpaired) electrons. The van der Waals surface area contributed by atoms with Crippen LogP contribution in [0.4, 0.5) is 5.69 Å². The monoisotopic (exact) mass is 286 g/mol. The van der Waals surface area contributed by atoms with Gasteiger partial charge in [0.15, 0.2) is 0 Å². The van der Waals surface area contributed by atoms with Crippen molar-refractivity contribution < 1.29 is 14.8 Å². The molecule has 0 spiro atoms. The minimum atomic E-state index is -0.872. The van der Waals surface area contributed by atoms with Crippen LogP contribution < -0.4 is 0 Å². The minimum Gasteiger partial charge on any atom is -0.481 e. The van der Waals surface area contributed by atoms with E-state index in [0.29, 0.717) is 5.56 Å². The molecule has 6 heteroatoms. The highest BCUT2D eigenvalue weighted by Gasteiger charge is 2.12. The Morgan fingerprint density at radius 2 is 2.10 bits per heavy atom. The zero-order valence-corrected chi connectivity index (χ0v) is 11.4. The van der Waals surface area contributed by atoms with Gasteiger partial charge in [-0.25, -0.2) is 0 Å². The van der Waals surface area contributed by atoms with Gasteiger partial charge in [-0.15, -0.1) is 0 Å². The lowest BCUT2D eigenvalue weighted by Gasteiger charge is -2.10. The molecule has 0 aliphatic carbocycles. The van der Waals surface area contributed by atoms with E-state index in [9.17, 15) is 14.9 Å². The number of benzene rings is 1. The van der Waals surface area contributed by atoms with Gasteiger partial charge in [0.2, 0.25) is 0 Å². The van der Waals surface area contributed by atoms with Gasteiger partial charge >= 0.3 is 5.97 Å². The van der Waals surface area contributed by atoms with E-state index in [-0.39, 0.29) is 18.0 Å². The van der Waals surface area contributed by atoms with Crippen molar-refractivity contribution in [1.29, 1.82) is 0 Å². The SMILES string of the molecule is CC(CC(=O)O)c1cncc(-c2cccc([N+](=O)[O-])c2)c1. The summed E-state index contributed by atoms with van der Waals surface area (Å²) in [4.78, 5) is 25.2. The third kappa shape index (κ3) is 3.62. The summed E-state index contributed by atoms with van der Waals surface area (Å²) in [6, 6.07) is 8.09. The second-order valence-electron chi connectivity index (χ2n) is 4.81. The molecule has 2 aromatic rings. The predicted octanol–water partition coefficient (Wildman–Crippen LogP) is 3.24. The molecule has 1 unspecified atom stereocenters. The maximum Gasteiger partial charge on any atom is 0.303 e. The molecule has 0 fully saturated rings. The molecule has 0 bridgehead atoms. The number of rotatable bonds is 5. The van der Waals surface area contributed by atoms with Crippen molar-refractivity contribution in [2.24, 2.45) is 0 Å². The summed E-state index contributed by atoms with van der Waals surface area (Å²) in [7, 11) is 0. The number of nitro benzene ring substituents is 1. The van der Waals surface area contributed by atoms with Crippen LogP contribution in [0.3, 0.4) is 0 Å². The first-order valence-electron chi connectivity index (χ1n) is 6.39. The fourth-order valence-corrected chi connectivity index (χ4v) is 2.06. The highest BCUT2D eigenvalue weighted by Crippen LogP contribution is 2.27. The second-order valence-corrected chi connectivity index (χ2v) is 4.81.